The van der Waals surface area contributed by atoms with Crippen LogP contribution in [0.5, 0.6) is 0 Å². The molecular formula is C14H22N2O3S. The zero-order chi connectivity index (χ0) is 15.3. The van der Waals surface area contributed by atoms with Gasteiger partial charge in [-0.3, -0.25) is 9.59 Å². The zero-order valence-corrected chi connectivity index (χ0v) is 13.2. The molecule has 0 aliphatic carbocycles. The molecule has 1 atom stereocenters. The van der Waals surface area contributed by atoms with E-state index in [-0.39, 0.29) is 24.3 Å². The number of rotatable bonds is 6. The normalized spacial score (nSPS) is 13.0. The fourth-order valence-electron chi connectivity index (χ4n) is 1.94. The second kappa shape index (κ2) is 6.83. The van der Waals surface area contributed by atoms with E-state index in [0.717, 1.165) is 10.7 Å². The Hall–Kier alpha value is -1.43. The van der Waals surface area contributed by atoms with Crippen molar-refractivity contribution in [3.8, 4) is 0 Å². The molecule has 1 rings (SSSR count). The predicted molar refractivity (Wildman–Crippen MR) is 78.8 cm³/mol. The molecule has 0 saturated carbocycles. The second-order valence-electron chi connectivity index (χ2n) is 6.14. The minimum atomic E-state index is -0.871. The van der Waals surface area contributed by atoms with E-state index in [1.165, 1.54) is 11.3 Å². The summed E-state index contributed by atoms with van der Waals surface area (Å²) in [5, 5.41) is 14.6. The Kier molecular flexibility index (Phi) is 5.68. The van der Waals surface area contributed by atoms with Crippen LogP contribution >= 0.6 is 11.3 Å². The number of carboxylic acid groups (broad SMARTS) is 1. The van der Waals surface area contributed by atoms with E-state index in [9.17, 15) is 14.7 Å². The van der Waals surface area contributed by atoms with Crippen molar-refractivity contribution in [1.82, 2.24) is 10.3 Å². The fourth-order valence-corrected chi connectivity index (χ4v) is 2.55. The van der Waals surface area contributed by atoms with Crippen LogP contribution in [0.25, 0.3) is 0 Å². The highest BCUT2D eigenvalue weighted by Crippen LogP contribution is 2.24. The molecule has 1 aromatic heterocycles. The molecule has 0 radical (unpaired) electrons. The molecule has 1 amide bonds. The maximum absolute atomic E-state index is 11.8. The maximum Gasteiger partial charge on any atom is 0.308 e. The Bertz CT molecular complexity index is 477. The van der Waals surface area contributed by atoms with Gasteiger partial charge in [0.05, 0.1) is 23.0 Å². The van der Waals surface area contributed by atoms with Crippen LogP contribution in [-0.4, -0.2) is 28.5 Å². The Balaban J connectivity index is 2.46. The largest absolute Gasteiger partial charge is 0.481 e. The number of carboxylic acids is 1. The van der Waals surface area contributed by atoms with Crippen LogP contribution in [0.2, 0.25) is 0 Å². The number of carbonyl (C=O) groups excluding carboxylic acids is 1. The summed E-state index contributed by atoms with van der Waals surface area (Å²) in [7, 11) is 0. The zero-order valence-electron chi connectivity index (χ0n) is 12.4. The maximum atomic E-state index is 11.8. The average Bonchev–Trinajstić information content (AvgIpc) is 2.68. The number of hydrogen-bond acceptors (Lipinski definition) is 4. The van der Waals surface area contributed by atoms with Crippen molar-refractivity contribution in [3.63, 3.8) is 0 Å². The predicted octanol–water partition coefficient (Wildman–Crippen LogP) is 2.25. The molecule has 1 unspecified atom stereocenters. The van der Waals surface area contributed by atoms with Gasteiger partial charge in [0.25, 0.3) is 0 Å². The fraction of sp³-hybridized carbons (Fsp3) is 0.643. The van der Waals surface area contributed by atoms with Crippen LogP contribution in [0.15, 0.2) is 5.38 Å². The van der Waals surface area contributed by atoms with Gasteiger partial charge in [0.2, 0.25) is 5.91 Å². The van der Waals surface area contributed by atoms with E-state index in [1.807, 2.05) is 33.1 Å². The van der Waals surface area contributed by atoms with Gasteiger partial charge in [-0.05, 0) is 18.8 Å². The van der Waals surface area contributed by atoms with Crippen LogP contribution in [0.3, 0.4) is 0 Å². The van der Waals surface area contributed by atoms with Crippen molar-refractivity contribution in [2.75, 3.05) is 6.54 Å². The monoisotopic (exact) mass is 298 g/mol. The lowest BCUT2D eigenvalue weighted by molar-refractivity contribution is -0.142. The summed E-state index contributed by atoms with van der Waals surface area (Å²) in [5.74, 6) is -1.61. The highest BCUT2D eigenvalue weighted by molar-refractivity contribution is 7.09. The van der Waals surface area contributed by atoms with E-state index >= 15 is 0 Å². The van der Waals surface area contributed by atoms with Gasteiger partial charge in [0, 0.05) is 11.9 Å². The van der Waals surface area contributed by atoms with Gasteiger partial charge in [-0.15, -0.1) is 11.3 Å². The summed E-state index contributed by atoms with van der Waals surface area (Å²) >= 11 is 1.50. The molecule has 0 aliphatic rings. The Labute approximate surface area is 123 Å². The number of nitrogens with one attached hydrogen (secondary N) is 1. The second-order valence-corrected chi connectivity index (χ2v) is 7.20. The van der Waals surface area contributed by atoms with E-state index in [1.54, 1.807) is 0 Å². The van der Waals surface area contributed by atoms with Gasteiger partial charge in [-0.1, -0.05) is 20.8 Å². The number of nitrogens with zero attached hydrogens (tertiary/aromatic N) is 1. The number of aryl methyl sites for hydroxylation is 1. The standard InChI is InChI=1S/C14H22N2O3S/c1-9-16-11(8-20-9)5-12(17)15-7-10(13(18)19)6-14(2,3)4/h8,10H,5-7H2,1-4H3,(H,15,17)(H,18,19). The van der Waals surface area contributed by atoms with Crippen molar-refractivity contribution in [1.29, 1.82) is 0 Å². The SMILES string of the molecule is Cc1nc(CC(=O)NCC(CC(C)(C)C)C(=O)O)cs1. The van der Waals surface area contributed by atoms with E-state index in [2.05, 4.69) is 10.3 Å². The number of hydrogen-bond donors (Lipinski definition) is 2. The van der Waals surface area contributed by atoms with Crippen molar-refractivity contribution in [2.45, 2.75) is 40.5 Å². The Morgan fingerprint density at radius 2 is 2.10 bits per heavy atom. The number of amides is 1. The summed E-state index contributed by atoms with van der Waals surface area (Å²) in [6.45, 7) is 8.01. The lowest BCUT2D eigenvalue weighted by atomic mass is 9.84. The summed E-state index contributed by atoms with van der Waals surface area (Å²) in [4.78, 5) is 27.2. The molecule has 112 valence electrons. The van der Waals surface area contributed by atoms with Gasteiger partial charge >= 0.3 is 5.97 Å². The van der Waals surface area contributed by atoms with Gasteiger partial charge < -0.3 is 10.4 Å². The van der Waals surface area contributed by atoms with Gasteiger partial charge in [0.15, 0.2) is 0 Å². The third kappa shape index (κ3) is 6.14. The highest BCUT2D eigenvalue weighted by Gasteiger charge is 2.25. The lowest BCUT2D eigenvalue weighted by Crippen LogP contribution is -2.35. The summed E-state index contributed by atoms with van der Waals surface area (Å²) < 4.78 is 0. The van der Waals surface area contributed by atoms with Crippen molar-refractivity contribution < 1.29 is 14.7 Å². The van der Waals surface area contributed by atoms with Crippen LogP contribution in [0.4, 0.5) is 0 Å². The number of carbonyl (C=O) groups is 2. The average molecular weight is 298 g/mol. The molecule has 0 fully saturated rings. The van der Waals surface area contributed by atoms with Crippen molar-refractivity contribution in [2.24, 2.45) is 11.3 Å². The minimum absolute atomic E-state index is 0.0835. The topological polar surface area (TPSA) is 79.3 Å². The van der Waals surface area contributed by atoms with Crippen molar-refractivity contribution >= 4 is 23.2 Å². The van der Waals surface area contributed by atoms with E-state index in [0.29, 0.717) is 6.42 Å². The molecule has 1 aromatic rings. The first-order valence-corrected chi connectivity index (χ1v) is 7.46. The van der Waals surface area contributed by atoms with Crippen LogP contribution in [0, 0.1) is 18.3 Å². The molecule has 2 N–H and O–H groups in total. The molecule has 6 heteroatoms. The van der Waals surface area contributed by atoms with Crippen LogP contribution in [-0.2, 0) is 16.0 Å². The molecule has 5 nitrogen and oxygen atoms in total. The Morgan fingerprint density at radius 3 is 2.55 bits per heavy atom. The molecule has 1 heterocycles. The molecule has 0 bridgehead atoms. The van der Waals surface area contributed by atoms with E-state index < -0.39 is 11.9 Å². The first kappa shape index (κ1) is 16.6. The molecule has 20 heavy (non-hydrogen) atoms. The van der Waals surface area contributed by atoms with Gasteiger partial charge in [0.1, 0.15) is 0 Å². The molecule has 0 saturated heterocycles. The van der Waals surface area contributed by atoms with Gasteiger partial charge in [-0.25, -0.2) is 4.98 Å². The van der Waals surface area contributed by atoms with Crippen LogP contribution in [0.1, 0.15) is 37.9 Å². The van der Waals surface area contributed by atoms with Crippen LogP contribution < -0.4 is 5.32 Å². The third-order valence-electron chi connectivity index (χ3n) is 2.76. The highest BCUT2D eigenvalue weighted by atomic mass is 32.1. The summed E-state index contributed by atoms with van der Waals surface area (Å²) in [5.41, 5.74) is 0.646. The Morgan fingerprint density at radius 1 is 1.45 bits per heavy atom. The number of aromatic nitrogens is 1. The molecule has 0 aromatic carbocycles. The number of aliphatic carboxylic acids is 1. The van der Waals surface area contributed by atoms with E-state index in [4.69, 9.17) is 0 Å². The molecule has 0 aliphatic heterocycles. The quantitative estimate of drug-likeness (QED) is 0.844. The summed E-state index contributed by atoms with van der Waals surface area (Å²) in [6.07, 6.45) is 0.727. The smallest absolute Gasteiger partial charge is 0.308 e. The lowest BCUT2D eigenvalue weighted by Gasteiger charge is -2.23. The number of thiazole rings is 1. The minimum Gasteiger partial charge on any atom is -0.481 e. The molecule has 0 spiro atoms. The summed E-state index contributed by atoms with van der Waals surface area (Å²) in [6, 6.07) is 0. The van der Waals surface area contributed by atoms with Crippen molar-refractivity contribution in [3.05, 3.63) is 16.1 Å². The first-order chi connectivity index (χ1) is 9.17. The first-order valence-electron chi connectivity index (χ1n) is 6.58. The van der Waals surface area contributed by atoms with Gasteiger partial charge in [-0.2, -0.15) is 0 Å². The third-order valence-corrected chi connectivity index (χ3v) is 3.58. The molecular weight excluding hydrogens is 276 g/mol.